The van der Waals surface area contributed by atoms with Crippen molar-refractivity contribution >= 4 is 33.7 Å². The van der Waals surface area contributed by atoms with Gasteiger partial charge in [-0.05, 0) is 54.4 Å². The van der Waals surface area contributed by atoms with E-state index in [2.05, 4.69) is 11.8 Å². The van der Waals surface area contributed by atoms with Crippen molar-refractivity contribution in [2.75, 3.05) is 0 Å². The van der Waals surface area contributed by atoms with Crippen LogP contribution in [0.4, 0.5) is 0 Å². The number of carbonyl (C=O) groups is 2. The Morgan fingerprint density at radius 3 is 2.33 bits per heavy atom. The average molecular weight is 525 g/mol. The fourth-order valence-corrected chi connectivity index (χ4v) is 4.61. The predicted octanol–water partition coefficient (Wildman–Crippen LogP) is 6.70. The fraction of sp³-hybridized carbons (Fsp3) is 0.0294. The summed E-state index contributed by atoms with van der Waals surface area (Å²) in [6.45, 7) is 1.83. The van der Waals surface area contributed by atoms with E-state index < -0.39 is 17.4 Å². The molecule has 0 saturated carbocycles. The first kappa shape index (κ1) is 24.7. The van der Waals surface area contributed by atoms with Crippen LogP contribution in [0.2, 0.25) is 0 Å². The number of rotatable bonds is 4. The lowest BCUT2D eigenvalue weighted by atomic mass is 9.96. The van der Waals surface area contributed by atoms with Gasteiger partial charge in [0.1, 0.15) is 16.9 Å². The van der Waals surface area contributed by atoms with Gasteiger partial charge in [0.2, 0.25) is 5.78 Å². The number of furan rings is 1. The molecule has 0 radical (unpaired) electrons. The predicted molar refractivity (Wildman–Crippen MR) is 151 cm³/mol. The maximum absolute atomic E-state index is 13.9. The molecule has 6 rings (SSSR count). The van der Waals surface area contributed by atoms with Gasteiger partial charge in [0, 0.05) is 34.1 Å². The fourth-order valence-electron chi connectivity index (χ4n) is 4.61. The van der Waals surface area contributed by atoms with Crippen molar-refractivity contribution < 1.29 is 23.2 Å². The molecule has 192 valence electrons. The number of hydrogen-bond donors (Lipinski definition) is 0. The molecule has 0 aliphatic rings. The minimum atomic E-state index is -0.751. The van der Waals surface area contributed by atoms with E-state index in [0.29, 0.717) is 27.7 Å². The summed E-state index contributed by atoms with van der Waals surface area (Å²) in [6.07, 6.45) is 0. The van der Waals surface area contributed by atoms with Crippen molar-refractivity contribution in [2.24, 2.45) is 0 Å². The second-order valence-corrected chi connectivity index (χ2v) is 9.10. The van der Waals surface area contributed by atoms with Crippen molar-refractivity contribution in [3.63, 3.8) is 0 Å². The van der Waals surface area contributed by atoms with Crippen LogP contribution in [-0.4, -0.2) is 11.8 Å². The molecule has 0 atom stereocenters. The van der Waals surface area contributed by atoms with E-state index in [0.717, 1.165) is 16.5 Å². The molecule has 0 N–H and O–H groups in total. The van der Waals surface area contributed by atoms with E-state index in [9.17, 15) is 14.4 Å². The van der Waals surface area contributed by atoms with E-state index in [1.165, 1.54) is 12.1 Å². The molecule has 0 unspecified atom stereocenters. The zero-order chi connectivity index (χ0) is 27.6. The summed E-state index contributed by atoms with van der Waals surface area (Å²) < 4.78 is 17.1. The summed E-state index contributed by atoms with van der Waals surface area (Å²) in [6, 6.07) is 29.6. The molecule has 2 heterocycles. The second-order valence-electron chi connectivity index (χ2n) is 9.10. The molecule has 6 heteroatoms. The third-order valence-electron chi connectivity index (χ3n) is 6.43. The Morgan fingerprint density at radius 1 is 0.800 bits per heavy atom. The molecule has 0 aliphatic carbocycles. The molecule has 2 aromatic heterocycles. The number of ketones is 1. The van der Waals surface area contributed by atoms with Gasteiger partial charge in [-0.1, -0.05) is 66.6 Å². The van der Waals surface area contributed by atoms with Gasteiger partial charge in [-0.15, -0.1) is 0 Å². The summed E-state index contributed by atoms with van der Waals surface area (Å²) in [5.41, 5.74) is 3.18. The minimum absolute atomic E-state index is 0.0743. The number of carbonyl (C=O) groups excluding carboxylic acids is 2. The van der Waals surface area contributed by atoms with Gasteiger partial charge in [0.25, 0.3) is 0 Å². The smallest absolute Gasteiger partial charge is 0.390 e. The topological polar surface area (TPSA) is 86.7 Å². The first-order valence-corrected chi connectivity index (χ1v) is 12.5. The highest BCUT2D eigenvalue weighted by atomic mass is 16.5. The lowest BCUT2D eigenvalue weighted by Gasteiger charge is -2.06. The molecular weight excluding hydrogens is 504 g/mol. The van der Waals surface area contributed by atoms with Crippen LogP contribution in [0.5, 0.6) is 5.75 Å². The summed E-state index contributed by atoms with van der Waals surface area (Å²) in [7, 11) is 0. The van der Waals surface area contributed by atoms with E-state index in [4.69, 9.17) is 13.6 Å². The van der Waals surface area contributed by atoms with E-state index in [-0.39, 0.29) is 17.1 Å². The molecule has 0 saturated heterocycles. The zero-order valence-electron chi connectivity index (χ0n) is 21.3. The number of aryl methyl sites for hydroxylation is 1. The van der Waals surface area contributed by atoms with Crippen LogP contribution < -0.4 is 10.4 Å². The molecule has 0 amide bonds. The molecule has 4 aromatic carbocycles. The zero-order valence-corrected chi connectivity index (χ0v) is 21.3. The quantitative estimate of drug-likeness (QED) is 0.0838. The maximum atomic E-state index is 13.9. The summed E-state index contributed by atoms with van der Waals surface area (Å²) in [4.78, 5) is 38.5. The molecule has 0 aliphatic heterocycles. The van der Waals surface area contributed by atoms with Crippen LogP contribution in [0.15, 0.2) is 117 Å². The maximum Gasteiger partial charge on any atom is 0.390 e. The second kappa shape index (κ2) is 10.2. The van der Waals surface area contributed by atoms with E-state index >= 15 is 0 Å². The molecule has 40 heavy (non-hydrogen) atoms. The lowest BCUT2D eigenvalue weighted by Crippen LogP contribution is -2.06. The Balaban J connectivity index is 1.43. The molecule has 0 bridgehead atoms. The average Bonchev–Trinajstić information content (AvgIpc) is 3.37. The van der Waals surface area contributed by atoms with Gasteiger partial charge >= 0.3 is 11.6 Å². The minimum Gasteiger partial charge on any atom is -0.452 e. The third-order valence-corrected chi connectivity index (χ3v) is 6.43. The lowest BCUT2D eigenvalue weighted by molar-refractivity contribution is -0.128. The highest BCUT2D eigenvalue weighted by Crippen LogP contribution is 2.40. The van der Waals surface area contributed by atoms with E-state index in [1.54, 1.807) is 42.5 Å². The van der Waals surface area contributed by atoms with Crippen molar-refractivity contribution in [1.82, 2.24) is 0 Å². The monoisotopic (exact) mass is 524 g/mol. The van der Waals surface area contributed by atoms with Crippen LogP contribution in [0.25, 0.3) is 33.1 Å². The van der Waals surface area contributed by atoms with Crippen molar-refractivity contribution in [2.45, 2.75) is 6.92 Å². The van der Waals surface area contributed by atoms with Crippen molar-refractivity contribution in [1.29, 1.82) is 0 Å². The Hall–Kier alpha value is -5.67. The Kier molecular flexibility index (Phi) is 6.31. The van der Waals surface area contributed by atoms with Crippen molar-refractivity contribution in [3.8, 4) is 28.7 Å². The SMILES string of the molecule is Cc1cc(=O)oc2c1ccc1oc(C(=O)c3cccc(OC(=O)C#Cc4ccccc4)c3)c(-c3ccccc3)c12. The number of hydrogen-bond acceptors (Lipinski definition) is 6. The molecule has 0 spiro atoms. The Bertz CT molecular complexity index is 2040. The molecule has 0 fully saturated rings. The van der Waals surface area contributed by atoms with E-state index in [1.807, 2.05) is 55.5 Å². The van der Waals surface area contributed by atoms with Gasteiger partial charge in [-0.3, -0.25) is 4.79 Å². The van der Waals surface area contributed by atoms with Gasteiger partial charge in [0.05, 0.1) is 5.39 Å². The Morgan fingerprint density at radius 2 is 1.55 bits per heavy atom. The standard InChI is InChI=1S/C34H20O6/c1-21-19-29(36)40-33-26(21)16-17-27-31(33)30(23-11-6-3-7-12-23)34(39-27)32(37)24-13-8-14-25(20-24)38-28(35)18-15-22-9-4-2-5-10-22/h2-14,16-17,19-20H,1H3. The molecule has 6 nitrogen and oxygen atoms in total. The van der Waals surface area contributed by atoms with Crippen LogP contribution in [0, 0.1) is 18.8 Å². The molecule has 6 aromatic rings. The van der Waals surface area contributed by atoms with Gasteiger partial charge in [0.15, 0.2) is 5.76 Å². The highest BCUT2D eigenvalue weighted by Gasteiger charge is 2.26. The van der Waals surface area contributed by atoms with Gasteiger partial charge < -0.3 is 13.6 Å². The molecular formula is C34H20O6. The van der Waals surface area contributed by atoms with Crippen LogP contribution in [0.1, 0.15) is 27.2 Å². The van der Waals surface area contributed by atoms with Crippen LogP contribution in [0.3, 0.4) is 0 Å². The number of fused-ring (bicyclic) bond motifs is 3. The number of esters is 1. The van der Waals surface area contributed by atoms with Crippen LogP contribution >= 0.6 is 0 Å². The van der Waals surface area contributed by atoms with Gasteiger partial charge in [-0.25, -0.2) is 9.59 Å². The third kappa shape index (κ3) is 4.68. The normalized spacial score (nSPS) is 10.7. The summed E-state index contributed by atoms with van der Waals surface area (Å²) in [5.74, 6) is 4.27. The number of benzene rings is 4. The largest absolute Gasteiger partial charge is 0.452 e. The van der Waals surface area contributed by atoms with Crippen molar-refractivity contribution in [3.05, 3.63) is 136 Å². The summed E-state index contributed by atoms with van der Waals surface area (Å²) >= 11 is 0. The highest BCUT2D eigenvalue weighted by molar-refractivity contribution is 6.20. The van der Waals surface area contributed by atoms with Crippen LogP contribution in [-0.2, 0) is 4.79 Å². The summed E-state index contributed by atoms with van der Waals surface area (Å²) in [5, 5.41) is 1.28. The van der Waals surface area contributed by atoms with Gasteiger partial charge in [-0.2, -0.15) is 0 Å². The number of ether oxygens (including phenoxy) is 1. The Labute approximate surface area is 228 Å². The first-order valence-electron chi connectivity index (χ1n) is 12.5. The first-order chi connectivity index (χ1) is 19.5.